The SMILES string of the molecule is CC[C@@H](C)c1ccc2oc(-c3ccc(NC(=O)c4ccc(C)cc4)cc3)nc2c1. The predicted molar refractivity (Wildman–Crippen MR) is 117 cm³/mol. The quantitative estimate of drug-likeness (QED) is 0.423. The molecule has 0 spiro atoms. The van der Waals surface area contributed by atoms with Crippen LogP contribution in [0.25, 0.3) is 22.6 Å². The molecule has 0 aliphatic heterocycles. The van der Waals surface area contributed by atoms with Crippen molar-refractivity contribution < 1.29 is 9.21 Å². The van der Waals surface area contributed by atoms with E-state index in [-0.39, 0.29) is 5.91 Å². The molecule has 4 aromatic rings. The van der Waals surface area contributed by atoms with E-state index < -0.39 is 0 Å². The van der Waals surface area contributed by atoms with Gasteiger partial charge < -0.3 is 9.73 Å². The number of rotatable bonds is 5. The maximum absolute atomic E-state index is 12.4. The lowest BCUT2D eigenvalue weighted by molar-refractivity contribution is 0.102. The molecule has 0 aliphatic rings. The average molecular weight is 384 g/mol. The number of fused-ring (bicyclic) bond motifs is 1. The zero-order valence-corrected chi connectivity index (χ0v) is 16.9. The smallest absolute Gasteiger partial charge is 0.255 e. The second kappa shape index (κ2) is 7.92. The van der Waals surface area contributed by atoms with Crippen molar-refractivity contribution in [3.05, 3.63) is 83.4 Å². The van der Waals surface area contributed by atoms with Crippen LogP contribution in [0.15, 0.2) is 71.1 Å². The van der Waals surface area contributed by atoms with Crippen molar-refractivity contribution in [1.82, 2.24) is 4.98 Å². The highest BCUT2D eigenvalue weighted by molar-refractivity contribution is 6.04. The second-order valence-corrected chi connectivity index (χ2v) is 7.45. The lowest BCUT2D eigenvalue weighted by Gasteiger charge is -2.07. The highest BCUT2D eigenvalue weighted by atomic mass is 16.3. The first-order chi connectivity index (χ1) is 14.0. The lowest BCUT2D eigenvalue weighted by atomic mass is 9.98. The van der Waals surface area contributed by atoms with Gasteiger partial charge in [0.25, 0.3) is 5.91 Å². The predicted octanol–water partition coefficient (Wildman–Crippen LogP) is 6.57. The van der Waals surface area contributed by atoms with E-state index >= 15 is 0 Å². The monoisotopic (exact) mass is 384 g/mol. The standard InChI is InChI=1S/C25H24N2O2/c1-4-17(3)20-11-14-23-22(15-20)27-25(29-23)19-9-12-21(13-10-19)26-24(28)18-7-5-16(2)6-8-18/h5-15,17H,4H2,1-3H3,(H,26,28)/t17-/m1/s1. The maximum Gasteiger partial charge on any atom is 0.255 e. The summed E-state index contributed by atoms with van der Waals surface area (Å²) in [5, 5.41) is 2.92. The number of carbonyl (C=O) groups excluding carboxylic acids is 1. The molecule has 0 bridgehead atoms. The van der Waals surface area contributed by atoms with Gasteiger partial charge in [-0.2, -0.15) is 0 Å². The van der Waals surface area contributed by atoms with Crippen LogP contribution in [0.2, 0.25) is 0 Å². The van der Waals surface area contributed by atoms with Crippen molar-refractivity contribution in [2.24, 2.45) is 0 Å². The Hall–Kier alpha value is -3.40. The first-order valence-electron chi connectivity index (χ1n) is 9.92. The Balaban J connectivity index is 1.52. The molecule has 0 radical (unpaired) electrons. The van der Waals surface area contributed by atoms with E-state index in [0.717, 1.165) is 34.3 Å². The van der Waals surface area contributed by atoms with Crippen molar-refractivity contribution in [2.45, 2.75) is 33.1 Å². The molecule has 29 heavy (non-hydrogen) atoms. The number of nitrogens with zero attached hydrogens (tertiary/aromatic N) is 1. The van der Waals surface area contributed by atoms with Gasteiger partial charge in [0, 0.05) is 16.8 Å². The van der Waals surface area contributed by atoms with Crippen LogP contribution in [0.5, 0.6) is 0 Å². The number of hydrogen-bond donors (Lipinski definition) is 1. The zero-order valence-electron chi connectivity index (χ0n) is 16.9. The highest BCUT2D eigenvalue weighted by Gasteiger charge is 2.12. The van der Waals surface area contributed by atoms with Gasteiger partial charge in [-0.25, -0.2) is 4.98 Å². The van der Waals surface area contributed by atoms with E-state index in [1.54, 1.807) is 0 Å². The second-order valence-electron chi connectivity index (χ2n) is 7.45. The van der Waals surface area contributed by atoms with Gasteiger partial charge in [0.1, 0.15) is 5.52 Å². The number of carbonyl (C=O) groups is 1. The molecule has 1 N–H and O–H groups in total. The van der Waals surface area contributed by atoms with Crippen LogP contribution in [0.3, 0.4) is 0 Å². The van der Waals surface area contributed by atoms with Crippen LogP contribution < -0.4 is 5.32 Å². The maximum atomic E-state index is 12.4. The number of nitrogens with one attached hydrogen (secondary N) is 1. The first kappa shape index (κ1) is 18.9. The van der Waals surface area contributed by atoms with Crippen molar-refractivity contribution in [3.63, 3.8) is 0 Å². The van der Waals surface area contributed by atoms with Gasteiger partial charge in [0.05, 0.1) is 0 Å². The highest BCUT2D eigenvalue weighted by Crippen LogP contribution is 2.28. The summed E-state index contributed by atoms with van der Waals surface area (Å²) in [4.78, 5) is 17.0. The molecule has 0 aliphatic carbocycles. The molecular formula is C25H24N2O2. The van der Waals surface area contributed by atoms with Crippen molar-refractivity contribution in [2.75, 3.05) is 5.32 Å². The van der Waals surface area contributed by atoms with Crippen molar-refractivity contribution in [3.8, 4) is 11.5 Å². The van der Waals surface area contributed by atoms with Crippen LogP contribution in [-0.4, -0.2) is 10.9 Å². The molecule has 0 saturated carbocycles. The molecule has 1 amide bonds. The summed E-state index contributed by atoms with van der Waals surface area (Å²) in [6.45, 7) is 6.39. The fraction of sp³-hybridized carbons (Fsp3) is 0.200. The summed E-state index contributed by atoms with van der Waals surface area (Å²) in [7, 11) is 0. The third kappa shape index (κ3) is 4.06. The Morgan fingerprint density at radius 1 is 1.03 bits per heavy atom. The van der Waals surface area contributed by atoms with E-state index in [0.29, 0.717) is 17.4 Å². The van der Waals surface area contributed by atoms with Gasteiger partial charge in [-0.05, 0) is 73.4 Å². The fourth-order valence-electron chi connectivity index (χ4n) is 3.21. The van der Waals surface area contributed by atoms with E-state index in [9.17, 15) is 4.79 Å². The molecule has 3 aromatic carbocycles. The molecule has 0 unspecified atom stereocenters. The molecule has 1 atom stereocenters. The van der Waals surface area contributed by atoms with Crippen LogP contribution >= 0.6 is 0 Å². The Labute approximate surface area is 170 Å². The Kier molecular flexibility index (Phi) is 5.17. The lowest BCUT2D eigenvalue weighted by Crippen LogP contribution is -2.11. The number of anilines is 1. The minimum absolute atomic E-state index is 0.128. The zero-order chi connectivity index (χ0) is 20.4. The van der Waals surface area contributed by atoms with Crippen LogP contribution in [0, 0.1) is 6.92 Å². The van der Waals surface area contributed by atoms with Gasteiger partial charge in [-0.15, -0.1) is 0 Å². The summed E-state index contributed by atoms with van der Waals surface area (Å²) < 4.78 is 5.93. The van der Waals surface area contributed by atoms with Crippen LogP contribution in [0.4, 0.5) is 5.69 Å². The summed E-state index contributed by atoms with van der Waals surface area (Å²) in [6.07, 6.45) is 1.09. The molecule has 4 heteroatoms. The molecule has 1 aromatic heterocycles. The van der Waals surface area contributed by atoms with Gasteiger partial charge >= 0.3 is 0 Å². The van der Waals surface area contributed by atoms with Crippen LogP contribution in [0.1, 0.15) is 47.7 Å². The van der Waals surface area contributed by atoms with Gasteiger partial charge in [-0.3, -0.25) is 4.79 Å². The normalized spacial score (nSPS) is 12.1. The number of oxazole rings is 1. The van der Waals surface area contributed by atoms with Crippen LogP contribution in [-0.2, 0) is 0 Å². The van der Waals surface area contributed by atoms with Gasteiger partial charge in [0.2, 0.25) is 5.89 Å². The van der Waals surface area contributed by atoms with E-state index in [2.05, 4.69) is 36.3 Å². The number of amides is 1. The van der Waals surface area contributed by atoms with E-state index in [1.807, 2.05) is 61.5 Å². The van der Waals surface area contributed by atoms with E-state index in [4.69, 9.17) is 4.42 Å². The number of hydrogen-bond acceptors (Lipinski definition) is 3. The summed E-state index contributed by atoms with van der Waals surface area (Å²) in [5.41, 5.74) is 6.29. The molecule has 4 nitrogen and oxygen atoms in total. The Morgan fingerprint density at radius 2 is 1.76 bits per heavy atom. The van der Waals surface area contributed by atoms with Crippen molar-refractivity contribution in [1.29, 1.82) is 0 Å². The fourth-order valence-corrected chi connectivity index (χ4v) is 3.21. The number of aryl methyl sites for hydroxylation is 1. The summed E-state index contributed by atoms with van der Waals surface area (Å²) in [6, 6.07) is 21.2. The largest absolute Gasteiger partial charge is 0.436 e. The Bertz CT molecular complexity index is 1140. The third-order valence-electron chi connectivity index (χ3n) is 5.30. The number of aromatic nitrogens is 1. The molecule has 0 fully saturated rings. The van der Waals surface area contributed by atoms with Crippen molar-refractivity contribution >= 4 is 22.7 Å². The average Bonchev–Trinajstić information content (AvgIpc) is 3.17. The van der Waals surface area contributed by atoms with Gasteiger partial charge in [0.15, 0.2) is 5.58 Å². The minimum atomic E-state index is -0.128. The van der Waals surface area contributed by atoms with E-state index in [1.165, 1.54) is 5.56 Å². The summed E-state index contributed by atoms with van der Waals surface area (Å²) >= 11 is 0. The van der Waals surface area contributed by atoms with Gasteiger partial charge in [-0.1, -0.05) is 37.6 Å². The summed E-state index contributed by atoms with van der Waals surface area (Å²) in [5.74, 6) is 0.950. The topological polar surface area (TPSA) is 55.1 Å². The molecule has 1 heterocycles. The first-order valence-corrected chi connectivity index (χ1v) is 9.92. The molecule has 146 valence electrons. The molecule has 0 saturated heterocycles. The molecular weight excluding hydrogens is 360 g/mol. The minimum Gasteiger partial charge on any atom is -0.436 e. The Morgan fingerprint density at radius 3 is 2.45 bits per heavy atom. The third-order valence-corrected chi connectivity index (χ3v) is 5.30. The molecule has 4 rings (SSSR count). The number of benzene rings is 3.